The molecule has 0 spiro atoms. The Morgan fingerprint density at radius 1 is 1.33 bits per heavy atom. The Bertz CT molecular complexity index is 528. The van der Waals surface area contributed by atoms with Crippen LogP contribution in [0.2, 0.25) is 0 Å². The molecule has 1 aliphatic carbocycles. The molecular weight excluding hydrogens is 246 g/mol. The molecule has 18 heavy (non-hydrogen) atoms. The van der Waals surface area contributed by atoms with Crippen molar-refractivity contribution < 1.29 is 0 Å². The second-order valence-electron chi connectivity index (χ2n) is 4.72. The fourth-order valence-electron chi connectivity index (χ4n) is 2.65. The van der Waals surface area contributed by atoms with E-state index in [4.69, 9.17) is 12.2 Å². The van der Waals surface area contributed by atoms with Gasteiger partial charge < -0.3 is 4.90 Å². The smallest absolute Gasteiger partial charge is 0.302 e. The maximum atomic E-state index is 12.0. The monoisotopic (exact) mass is 267 g/mol. The first-order valence-corrected chi connectivity index (χ1v) is 7.15. The first kappa shape index (κ1) is 13.5. The fourth-order valence-corrected chi connectivity index (χ4v) is 2.96. The second-order valence-corrected chi connectivity index (χ2v) is 5.12. The molecule has 1 N–H and O–H groups in total. The molecule has 100 valence electrons. The number of hydrogen-bond donors (Lipinski definition) is 1. The topological polar surface area (TPSA) is 41.0 Å². The largest absolute Gasteiger partial charge is 0.326 e. The van der Waals surface area contributed by atoms with Crippen molar-refractivity contribution in [2.75, 3.05) is 19.6 Å². The molecule has 1 aliphatic rings. The van der Waals surface area contributed by atoms with Crippen LogP contribution in [0.5, 0.6) is 0 Å². The Labute approximate surface area is 113 Å². The first-order chi connectivity index (χ1) is 8.67. The highest BCUT2D eigenvalue weighted by Crippen LogP contribution is 2.20. The Morgan fingerprint density at radius 3 is 2.72 bits per heavy atom. The van der Waals surface area contributed by atoms with Crippen molar-refractivity contribution in [2.24, 2.45) is 0 Å². The predicted octanol–water partition coefficient (Wildman–Crippen LogP) is 1.74. The second kappa shape index (κ2) is 5.80. The van der Waals surface area contributed by atoms with E-state index in [-0.39, 0.29) is 5.69 Å². The SMILES string of the molecule is CCN(CC)CCn1c2c(c(=S)[nH]c1=O)CCC2. The lowest BCUT2D eigenvalue weighted by Crippen LogP contribution is -2.33. The summed E-state index contributed by atoms with van der Waals surface area (Å²) >= 11 is 5.23. The molecule has 1 heterocycles. The summed E-state index contributed by atoms with van der Waals surface area (Å²) in [6.45, 7) is 8.02. The van der Waals surface area contributed by atoms with Crippen LogP contribution in [-0.4, -0.2) is 34.1 Å². The average molecular weight is 267 g/mol. The van der Waals surface area contributed by atoms with Gasteiger partial charge in [-0.15, -0.1) is 0 Å². The normalized spacial score (nSPS) is 14.2. The maximum absolute atomic E-state index is 12.0. The van der Waals surface area contributed by atoms with E-state index in [1.54, 1.807) is 0 Å². The van der Waals surface area contributed by atoms with Gasteiger partial charge in [0.15, 0.2) is 0 Å². The minimum atomic E-state index is -0.0483. The van der Waals surface area contributed by atoms with Gasteiger partial charge in [0, 0.05) is 24.3 Å². The molecule has 0 amide bonds. The van der Waals surface area contributed by atoms with E-state index in [2.05, 4.69) is 23.7 Å². The lowest BCUT2D eigenvalue weighted by Gasteiger charge is -2.20. The number of hydrogen-bond acceptors (Lipinski definition) is 3. The van der Waals surface area contributed by atoms with E-state index in [1.165, 1.54) is 5.56 Å². The van der Waals surface area contributed by atoms with E-state index in [9.17, 15) is 4.79 Å². The molecule has 0 bridgehead atoms. The van der Waals surface area contributed by atoms with Crippen molar-refractivity contribution in [3.63, 3.8) is 0 Å². The van der Waals surface area contributed by atoms with Gasteiger partial charge in [0.1, 0.15) is 4.64 Å². The summed E-state index contributed by atoms with van der Waals surface area (Å²) in [6, 6.07) is 0. The summed E-state index contributed by atoms with van der Waals surface area (Å²) in [7, 11) is 0. The third kappa shape index (κ3) is 2.57. The number of aromatic nitrogens is 2. The third-order valence-electron chi connectivity index (χ3n) is 3.79. The van der Waals surface area contributed by atoms with E-state index in [0.29, 0.717) is 4.64 Å². The maximum Gasteiger partial charge on any atom is 0.326 e. The molecule has 1 aromatic heterocycles. The van der Waals surface area contributed by atoms with Gasteiger partial charge in [-0.25, -0.2) is 4.79 Å². The van der Waals surface area contributed by atoms with Crippen molar-refractivity contribution in [1.29, 1.82) is 0 Å². The predicted molar refractivity (Wildman–Crippen MR) is 75.7 cm³/mol. The Morgan fingerprint density at radius 2 is 2.06 bits per heavy atom. The lowest BCUT2D eigenvalue weighted by atomic mass is 10.2. The number of aromatic amines is 1. The first-order valence-electron chi connectivity index (χ1n) is 6.74. The molecule has 1 aromatic rings. The molecule has 4 nitrogen and oxygen atoms in total. The number of rotatable bonds is 5. The van der Waals surface area contributed by atoms with Crippen molar-refractivity contribution >= 4 is 12.2 Å². The van der Waals surface area contributed by atoms with Crippen LogP contribution < -0.4 is 5.69 Å². The molecular formula is C13H21N3OS. The van der Waals surface area contributed by atoms with Crippen LogP contribution in [0.4, 0.5) is 0 Å². The van der Waals surface area contributed by atoms with Crippen molar-refractivity contribution in [3.8, 4) is 0 Å². The van der Waals surface area contributed by atoms with Crippen LogP contribution in [0.15, 0.2) is 4.79 Å². The van der Waals surface area contributed by atoms with Crippen LogP contribution in [-0.2, 0) is 19.4 Å². The van der Waals surface area contributed by atoms with Gasteiger partial charge in [-0.3, -0.25) is 9.55 Å². The molecule has 0 aliphatic heterocycles. The molecule has 2 rings (SSSR count). The summed E-state index contributed by atoms with van der Waals surface area (Å²) in [5.41, 5.74) is 2.30. The minimum absolute atomic E-state index is 0.0483. The molecule has 0 unspecified atom stereocenters. The summed E-state index contributed by atoms with van der Waals surface area (Å²) < 4.78 is 2.53. The zero-order valence-electron chi connectivity index (χ0n) is 11.2. The number of nitrogens with zero attached hydrogens (tertiary/aromatic N) is 2. The van der Waals surface area contributed by atoms with Gasteiger partial charge in [0.2, 0.25) is 0 Å². The molecule has 0 atom stereocenters. The Kier molecular flexibility index (Phi) is 4.35. The molecule has 5 heteroatoms. The van der Waals surface area contributed by atoms with Crippen LogP contribution in [0.1, 0.15) is 31.5 Å². The minimum Gasteiger partial charge on any atom is -0.302 e. The highest BCUT2D eigenvalue weighted by molar-refractivity contribution is 7.71. The number of likely N-dealkylation sites (N-methyl/N-ethyl adjacent to an activating group) is 1. The number of H-pyrrole nitrogens is 1. The van der Waals surface area contributed by atoms with Crippen LogP contribution >= 0.6 is 12.2 Å². The Hall–Kier alpha value is -0.940. The van der Waals surface area contributed by atoms with Crippen LogP contribution in [0.3, 0.4) is 0 Å². The highest BCUT2D eigenvalue weighted by Gasteiger charge is 2.18. The van der Waals surface area contributed by atoms with Gasteiger partial charge in [-0.05, 0) is 32.4 Å². The standard InChI is InChI=1S/C13H21N3OS/c1-3-15(4-2)8-9-16-11-7-5-6-10(11)12(18)14-13(16)17/h3-9H2,1-2H3,(H,14,17,18). The number of fused-ring (bicyclic) bond motifs is 1. The summed E-state index contributed by atoms with van der Waals surface area (Å²) in [4.78, 5) is 17.1. The third-order valence-corrected chi connectivity index (χ3v) is 4.14. The van der Waals surface area contributed by atoms with Gasteiger partial charge in [0.05, 0.1) is 0 Å². The van der Waals surface area contributed by atoms with E-state index < -0.39 is 0 Å². The van der Waals surface area contributed by atoms with Crippen molar-refractivity contribution in [1.82, 2.24) is 14.5 Å². The molecule has 0 aromatic carbocycles. The van der Waals surface area contributed by atoms with Crippen molar-refractivity contribution in [2.45, 2.75) is 39.7 Å². The molecule has 0 saturated heterocycles. The average Bonchev–Trinajstić information content (AvgIpc) is 2.83. The zero-order chi connectivity index (χ0) is 13.1. The van der Waals surface area contributed by atoms with Gasteiger partial charge >= 0.3 is 5.69 Å². The summed E-state index contributed by atoms with van der Waals surface area (Å²) in [5, 5.41) is 0. The highest BCUT2D eigenvalue weighted by atomic mass is 32.1. The zero-order valence-corrected chi connectivity index (χ0v) is 12.0. The summed E-state index contributed by atoms with van der Waals surface area (Å²) in [6.07, 6.45) is 3.11. The fraction of sp³-hybridized carbons (Fsp3) is 0.692. The van der Waals surface area contributed by atoms with Gasteiger partial charge in [0.25, 0.3) is 0 Å². The van der Waals surface area contributed by atoms with Crippen LogP contribution in [0, 0.1) is 4.64 Å². The van der Waals surface area contributed by atoms with Crippen molar-refractivity contribution in [3.05, 3.63) is 26.4 Å². The van der Waals surface area contributed by atoms with Gasteiger partial charge in [-0.1, -0.05) is 26.1 Å². The van der Waals surface area contributed by atoms with E-state index in [0.717, 1.165) is 51.1 Å². The molecule has 0 fully saturated rings. The van der Waals surface area contributed by atoms with E-state index in [1.807, 2.05) is 4.57 Å². The Balaban J connectivity index is 2.26. The summed E-state index contributed by atoms with van der Waals surface area (Å²) in [5.74, 6) is 0. The lowest BCUT2D eigenvalue weighted by molar-refractivity contribution is 0.287. The van der Waals surface area contributed by atoms with E-state index >= 15 is 0 Å². The number of nitrogens with one attached hydrogen (secondary N) is 1. The molecule has 0 radical (unpaired) electrons. The van der Waals surface area contributed by atoms with Gasteiger partial charge in [-0.2, -0.15) is 0 Å². The van der Waals surface area contributed by atoms with Crippen LogP contribution in [0.25, 0.3) is 0 Å². The quantitative estimate of drug-likeness (QED) is 0.826. The molecule has 0 saturated carbocycles.